The summed E-state index contributed by atoms with van der Waals surface area (Å²) < 4.78 is 1.84. The number of aryl methyl sites for hydroxylation is 3. The first-order valence-corrected chi connectivity index (χ1v) is 7.31. The molecule has 0 aliphatic carbocycles. The average molecular weight is 312 g/mol. The van der Waals surface area contributed by atoms with Crippen molar-refractivity contribution in [2.45, 2.75) is 26.3 Å². The van der Waals surface area contributed by atoms with Gasteiger partial charge in [-0.05, 0) is 38.1 Å². The highest BCUT2D eigenvalue weighted by atomic mass is 35.5. The maximum Gasteiger partial charge on any atom is 0.0847 e. The molecule has 0 saturated heterocycles. The zero-order valence-electron chi connectivity index (χ0n) is 12.2. The van der Waals surface area contributed by atoms with Crippen LogP contribution in [0.2, 0.25) is 10.0 Å². The first-order chi connectivity index (χ1) is 9.43. The Bertz CT molecular complexity index is 620. The minimum absolute atomic E-state index is 0.107. The lowest BCUT2D eigenvalue weighted by Crippen LogP contribution is -2.20. The Morgan fingerprint density at radius 2 is 2.00 bits per heavy atom. The Morgan fingerprint density at radius 1 is 1.30 bits per heavy atom. The molecule has 1 N–H and O–H groups in total. The van der Waals surface area contributed by atoms with E-state index in [9.17, 15) is 0 Å². The summed E-state index contributed by atoms with van der Waals surface area (Å²) in [5.74, 6) is 0. The number of nitrogens with one attached hydrogen (secondary N) is 1. The molecule has 0 saturated carbocycles. The molecule has 1 unspecified atom stereocenters. The van der Waals surface area contributed by atoms with Gasteiger partial charge in [-0.3, -0.25) is 4.68 Å². The largest absolute Gasteiger partial charge is 0.313 e. The SMILES string of the molecule is CNC(Cc1c(Cl)c(C)nn1C)c1ccc(C)cc1Cl. The lowest BCUT2D eigenvalue weighted by molar-refractivity contribution is 0.561. The van der Waals surface area contributed by atoms with Crippen LogP contribution in [-0.2, 0) is 13.5 Å². The molecular formula is C15H19Cl2N3. The number of benzene rings is 1. The molecule has 0 spiro atoms. The van der Waals surface area contributed by atoms with Crippen molar-refractivity contribution in [1.29, 1.82) is 0 Å². The Balaban J connectivity index is 2.33. The van der Waals surface area contributed by atoms with Gasteiger partial charge in [0.1, 0.15) is 0 Å². The first kappa shape index (κ1) is 15.4. The number of aromatic nitrogens is 2. The van der Waals surface area contributed by atoms with Gasteiger partial charge in [0.15, 0.2) is 0 Å². The Hall–Kier alpha value is -1.03. The van der Waals surface area contributed by atoms with Gasteiger partial charge in [0.2, 0.25) is 0 Å². The number of halogens is 2. The Labute approximate surface area is 129 Å². The lowest BCUT2D eigenvalue weighted by atomic mass is 10.0. The fraction of sp³-hybridized carbons (Fsp3) is 0.400. The fourth-order valence-electron chi connectivity index (χ4n) is 2.38. The lowest BCUT2D eigenvalue weighted by Gasteiger charge is -2.19. The number of hydrogen-bond donors (Lipinski definition) is 1. The van der Waals surface area contributed by atoms with Crippen LogP contribution in [0.25, 0.3) is 0 Å². The van der Waals surface area contributed by atoms with Crippen molar-refractivity contribution >= 4 is 23.2 Å². The molecule has 5 heteroatoms. The molecule has 1 aromatic carbocycles. The molecule has 20 heavy (non-hydrogen) atoms. The molecule has 0 radical (unpaired) electrons. The first-order valence-electron chi connectivity index (χ1n) is 6.55. The second kappa shape index (κ2) is 6.17. The molecule has 0 amide bonds. The maximum atomic E-state index is 6.36. The fourth-order valence-corrected chi connectivity index (χ4v) is 2.98. The summed E-state index contributed by atoms with van der Waals surface area (Å²) in [6, 6.07) is 6.23. The van der Waals surface area contributed by atoms with E-state index in [-0.39, 0.29) is 6.04 Å². The van der Waals surface area contributed by atoms with E-state index in [1.165, 1.54) is 0 Å². The van der Waals surface area contributed by atoms with E-state index in [1.54, 1.807) is 0 Å². The molecule has 2 rings (SSSR count). The van der Waals surface area contributed by atoms with Crippen molar-refractivity contribution in [3.05, 3.63) is 50.8 Å². The Morgan fingerprint density at radius 3 is 2.50 bits per heavy atom. The van der Waals surface area contributed by atoms with Crippen LogP contribution in [0.4, 0.5) is 0 Å². The van der Waals surface area contributed by atoms with Crippen LogP contribution in [-0.4, -0.2) is 16.8 Å². The van der Waals surface area contributed by atoms with Crippen LogP contribution in [0, 0.1) is 13.8 Å². The number of nitrogens with zero attached hydrogens (tertiary/aromatic N) is 2. The highest BCUT2D eigenvalue weighted by molar-refractivity contribution is 6.32. The van der Waals surface area contributed by atoms with Gasteiger partial charge in [-0.15, -0.1) is 0 Å². The third-order valence-electron chi connectivity index (χ3n) is 3.54. The highest BCUT2D eigenvalue weighted by Crippen LogP contribution is 2.29. The molecule has 0 aliphatic heterocycles. The molecule has 0 fully saturated rings. The number of likely N-dealkylation sites (N-methyl/N-ethyl adjacent to an activating group) is 1. The predicted molar refractivity (Wildman–Crippen MR) is 84.6 cm³/mol. The molecule has 1 atom stereocenters. The molecule has 108 valence electrons. The van der Waals surface area contributed by atoms with Gasteiger partial charge in [0, 0.05) is 24.5 Å². The van der Waals surface area contributed by atoms with Crippen molar-refractivity contribution in [2.24, 2.45) is 7.05 Å². The van der Waals surface area contributed by atoms with Crippen molar-refractivity contribution in [3.63, 3.8) is 0 Å². The van der Waals surface area contributed by atoms with Crippen LogP contribution >= 0.6 is 23.2 Å². The van der Waals surface area contributed by atoms with Crippen molar-refractivity contribution in [2.75, 3.05) is 7.05 Å². The van der Waals surface area contributed by atoms with Gasteiger partial charge < -0.3 is 5.32 Å². The van der Waals surface area contributed by atoms with Crippen molar-refractivity contribution in [1.82, 2.24) is 15.1 Å². The second-order valence-electron chi connectivity index (χ2n) is 5.04. The van der Waals surface area contributed by atoms with Crippen LogP contribution < -0.4 is 5.32 Å². The minimum Gasteiger partial charge on any atom is -0.313 e. The van der Waals surface area contributed by atoms with E-state index in [1.807, 2.05) is 38.7 Å². The third-order valence-corrected chi connectivity index (χ3v) is 4.36. The normalized spacial score (nSPS) is 12.7. The predicted octanol–water partition coefficient (Wildman–Crippen LogP) is 3.85. The molecule has 1 aromatic heterocycles. The smallest absolute Gasteiger partial charge is 0.0847 e. The Kier molecular flexibility index (Phi) is 4.74. The second-order valence-corrected chi connectivity index (χ2v) is 5.83. The average Bonchev–Trinajstić information content (AvgIpc) is 2.62. The van der Waals surface area contributed by atoms with Gasteiger partial charge in [0.05, 0.1) is 16.4 Å². The summed E-state index contributed by atoms with van der Waals surface area (Å²) in [5.41, 5.74) is 4.10. The van der Waals surface area contributed by atoms with Crippen molar-refractivity contribution in [3.8, 4) is 0 Å². The summed E-state index contributed by atoms with van der Waals surface area (Å²) in [7, 11) is 3.84. The maximum absolute atomic E-state index is 6.36. The van der Waals surface area contributed by atoms with Gasteiger partial charge in [0.25, 0.3) is 0 Å². The van der Waals surface area contributed by atoms with Crippen LogP contribution in [0.1, 0.15) is 28.6 Å². The highest BCUT2D eigenvalue weighted by Gasteiger charge is 2.19. The van der Waals surface area contributed by atoms with E-state index in [0.717, 1.165) is 39.0 Å². The molecule has 1 heterocycles. The van der Waals surface area contributed by atoms with E-state index >= 15 is 0 Å². The van der Waals surface area contributed by atoms with Crippen LogP contribution in [0.5, 0.6) is 0 Å². The zero-order valence-corrected chi connectivity index (χ0v) is 13.7. The van der Waals surface area contributed by atoms with Gasteiger partial charge >= 0.3 is 0 Å². The van der Waals surface area contributed by atoms with Crippen LogP contribution in [0.15, 0.2) is 18.2 Å². The summed E-state index contributed by atoms with van der Waals surface area (Å²) in [6.07, 6.45) is 0.745. The van der Waals surface area contributed by atoms with Gasteiger partial charge in [-0.1, -0.05) is 35.3 Å². The summed E-state index contributed by atoms with van der Waals surface area (Å²) in [4.78, 5) is 0. The van der Waals surface area contributed by atoms with Gasteiger partial charge in [-0.25, -0.2) is 0 Å². The zero-order chi connectivity index (χ0) is 14.9. The van der Waals surface area contributed by atoms with Crippen molar-refractivity contribution < 1.29 is 0 Å². The standard InChI is InChI=1S/C15H19Cl2N3/c1-9-5-6-11(12(16)7-9)13(18-3)8-14-15(17)10(2)19-20(14)4/h5-7,13,18H,8H2,1-4H3. The third kappa shape index (κ3) is 3.00. The molecule has 2 aromatic rings. The summed E-state index contributed by atoms with van der Waals surface area (Å²) in [6.45, 7) is 3.95. The molecule has 0 aliphatic rings. The summed E-state index contributed by atoms with van der Waals surface area (Å²) >= 11 is 12.7. The quantitative estimate of drug-likeness (QED) is 0.929. The van der Waals surface area contributed by atoms with E-state index in [0.29, 0.717) is 0 Å². The van der Waals surface area contributed by atoms with Gasteiger partial charge in [-0.2, -0.15) is 5.10 Å². The molecule has 3 nitrogen and oxygen atoms in total. The monoisotopic (exact) mass is 311 g/mol. The summed E-state index contributed by atoms with van der Waals surface area (Å²) in [5, 5.41) is 9.17. The van der Waals surface area contributed by atoms with E-state index < -0.39 is 0 Å². The molecular weight excluding hydrogens is 293 g/mol. The van der Waals surface area contributed by atoms with E-state index in [4.69, 9.17) is 23.2 Å². The van der Waals surface area contributed by atoms with Crippen LogP contribution in [0.3, 0.4) is 0 Å². The number of rotatable bonds is 4. The van der Waals surface area contributed by atoms with E-state index in [2.05, 4.69) is 22.5 Å². The topological polar surface area (TPSA) is 29.9 Å². The number of hydrogen-bond acceptors (Lipinski definition) is 2. The molecule has 0 bridgehead atoms. The minimum atomic E-state index is 0.107.